The summed E-state index contributed by atoms with van der Waals surface area (Å²) < 4.78 is 5.52. The number of ether oxygens (including phenoxy) is 1. The standard InChI is InChI=1S/C15H15NO2/c1-2-11-18-14-9-4-3-7-12(14)15(17)13-8-5-6-10-16-13/h2-10,15,17H,1,11H2. The molecule has 0 bridgehead atoms. The van der Waals surface area contributed by atoms with Crippen LogP contribution in [0, 0.1) is 0 Å². The largest absolute Gasteiger partial charge is 0.489 e. The molecule has 92 valence electrons. The molecule has 0 spiro atoms. The summed E-state index contributed by atoms with van der Waals surface area (Å²) in [5, 5.41) is 10.3. The number of nitrogens with zero attached hydrogens (tertiary/aromatic N) is 1. The van der Waals surface area contributed by atoms with E-state index >= 15 is 0 Å². The topological polar surface area (TPSA) is 42.4 Å². The quantitative estimate of drug-likeness (QED) is 0.818. The molecule has 1 aromatic heterocycles. The second kappa shape index (κ2) is 5.98. The van der Waals surface area contributed by atoms with Crippen molar-refractivity contribution < 1.29 is 9.84 Å². The zero-order valence-corrected chi connectivity index (χ0v) is 9.99. The lowest BCUT2D eigenvalue weighted by molar-refractivity contribution is 0.208. The summed E-state index contributed by atoms with van der Waals surface area (Å²) in [6.07, 6.45) is 2.54. The van der Waals surface area contributed by atoms with Gasteiger partial charge >= 0.3 is 0 Å². The van der Waals surface area contributed by atoms with Crippen LogP contribution in [0.3, 0.4) is 0 Å². The van der Waals surface area contributed by atoms with E-state index in [4.69, 9.17) is 4.74 Å². The number of pyridine rings is 1. The minimum absolute atomic E-state index is 0.409. The van der Waals surface area contributed by atoms with Gasteiger partial charge in [-0.1, -0.05) is 36.9 Å². The average molecular weight is 241 g/mol. The van der Waals surface area contributed by atoms with Crippen molar-refractivity contribution in [3.05, 3.63) is 72.6 Å². The maximum Gasteiger partial charge on any atom is 0.125 e. The van der Waals surface area contributed by atoms with Crippen LogP contribution < -0.4 is 4.74 Å². The molecule has 0 amide bonds. The lowest BCUT2D eigenvalue weighted by Crippen LogP contribution is -2.05. The summed E-state index contributed by atoms with van der Waals surface area (Å²) in [5.41, 5.74) is 1.31. The van der Waals surface area contributed by atoms with Gasteiger partial charge in [-0.15, -0.1) is 0 Å². The van der Waals surface area contributed by atoms with Gasteiger partial charge in [0.15, 0.2) is 0 Å². The number of hydrogen-bond acceptors (Lipinski definition) is 3. The van der Waals surface area contributed by atoms with Gasteiger partial charge in [0, 0.05) is 11.8 Å². The van der Waals surface area contributed by atoms with E-state index in [0.717, 1.165) is 0 Å². The molecule has 1 N–H and O–H groups in total. The smallest absolute Gasteiger partial charge is 0.125 e. The summed E-state index contributed by atoms with van der Waals surface area (Å²) in [6.45, 7) is 4.02. The Hall–Kier alpha value is -2.13. The van der Waals surface area contributed by atoms with Crippen LogP contribution >= 0.6 is 0 Å². The molecule has 0 fully saturated rings. The number of aliphatic hydroxyl groups excluding tert-OH is 1. The lowest BCUT2D eigenvalue weighted by atomic mass is 10.1. The van der Waals surface area contributed by atoms with Gasteiger partial charge in [-0.3, -0.25) is 4.98 Å². The van der Waals surface area contributed by atoms with Crippen LogP contribution in [0.15, 0.2) is 61.3 Å². The predicted octanol–water partition coefficient (Wildman–Crippen LogP) is 2.73. The molecule has 1 atom stereocenters. The Morgan fingerprint density at radius 3 is 2.72 bits per heavy atom. The number of aromatic nitrogens is 1. The highest BCUT2D eigenvalue weighted by Crippen LogP contribution is 2.28. The number of para-hydroxylation sites is 1. The third-order valence-corrected chi connectivity index (χ3v) is 2.54. The van der Waals surface area contributed by atoms with E-state index in [-0.39, 0.29) is 0 Å². The molecule has 0 aliphatic rings. The third-order valence-electron chi connectivity index (χ3n) is 2.54. The van der Waals surface area contributed by atoms with E-state index < -0.39 is 6.10 Å². The van der Waals surface area contributed by atoms with E-state index in [2.05, 4.69) is 11.6 Å². The molecular formula is C15H15NO2. The third kappa shape index (κ3) is 2.76. The maximum absolute atomic E-state index is 10.3. The highest BCUT2D eigenvalue weighted by Gasteiger charge is 2.15. The van der Waals surface area contributed by atoms with Crippen LogP contribution in [0.5, 0.6) is 5.75 Å². The summed E-state index contributed by atoms with van der Waals surface area (Å²) in [4.78, 5) is 4.15. The Labute approximate surface area is 106 Å². The molecule has 2 rings (SSSR count). The first kappa shape index (κ1) is 12.3. The van der Waals surface area contributed by atoms with Crippen molar-refractivity contribution in [3.63, 3.8) is 0 Å². The van der Waals surface area contributed by atoms with E-state index in [9.17, 15) is 5.11 Å². The van der Waals surface area contributed by atoms with Gasteiger partial charge in [-0.2, -0.15) is 0 Å². The van der Waals surface area contributed by atoms with Crippen LogP contribution in [0.2, 0.25) is 0 Å². The molecule has 0 aliphatic heterocycles. The summed E-state index contributed by atoms with van der Waals surface area (Å²) in [5.74, 6) is 0.649. The first-order chi connectivity index (χ1) is 8.83. The molecule has 0 aliphatic carbocycles. The van der Waals surface area contributed by atoms with Crippen molar-refractivity contribution in [2.24, 2.45) is 0 Å². The molecular weight excluding hydrogens is 226 g/mol. The van der Waals surface area contributed by atoms with Gasteiger partial charge in [-0.25, -0.2) is 0 Å². The van der Waals surface area contributed by atoms with Crippen LogP contribution in [0.1, 0.15) is 17.4 Å². The number of aliphatic hydroxyl groups is 1. The van der Waals surface area contributed by atoms with Crippen molar-refractivity contribution in [2.75, 3.05) is 6.61 Å². The fourth-order valence-corrected chi connectivity index (χ4v) is 1.68. The fraction of sp³-hybridized carbons (Fsp3) is 0.133. The van der Waals surface area contributed by atoms with Gasteiger partial charge in [0.05, 0.1) is 5.69 Å². The van der Waals surface area contributed by atoms with Gasteiger partial charge in [0.2, 0.25) is 0 Å². The highest BCUT2D eigenvalue weighted by molar-refractivity contribution is 5.38. The van der Waals surface area contributed by atoms with E-state index in [1.54, 1.807) is 18.3 Å². The molecule has 0 saturated carbocycles. The van der Waals surface area contributed by atoms with Crippen LogP contribution in [0.4, 0.5) is 0 Å². The summed E-state index contributed by atoms with van der Waals surface area (Å²) in [6, 6.07) is 12.8. The zero-order chi connectivity index (χ0) is 12.8. The molecule has 3 nitrogen and oxygen atoms in total. The van der Waals surface area contributed by atoms with Gasteiger partial charge in [0.1, 0.15) is 18.5 Å². The van der Waals surface area contributed by atoms with Crippen LogP contribution in [0.25, 0.3) is 0 Å². The van der Waals surface area contributed by atoms with E-state index in [0.29, 0.717) is 23.6 Å². The van der Waals surface area contributed by atoms with Crippen molar-refractivity contribution in [3.8, 4) is 5.75 Å². The summed E-state index contributed by atoms with van der Waals surface area (Å²) >= 11 is 0. The molecule has 0 radical (unpaired) electrons. The first-order valence-corrected chi connectivity index (χ1v) is 5.74. The molecule has 18 heavy (non-hydrogen) atoms. The second-order valence-corrected chi connectivity index (χ2v) is 3.79. The predicted molar refractivity (Wildman–Crippen MR) is 70.4 cm³/mol. The zero-order valence-electron chi connectivity index (χ0n) is 9.99. The van der Waals surface area contributed by atoms with Crippen molar-refractivity contribution in [2.45, 2.75) is 6.10 Å². The Balaban J connectivity index is 2.29. The van der Waals surface area contributed by atoms with Crippen molar-refractivity contribution >= 4 is 0 Å². The highest BCUT2D eigenvalue weighted by atomic mass is 16.5. The number of benzene rings is 1. The molecule has 3 heteroatoms. The Morgan fingerprint density at radius 1 is 1.22 bits per heavy atom. The Morgan fingerprint density at radius 2 is 2.00 bits per heavy atom. The SMILES string of the molecule is C=CCOc1ccccc1C(O)c1ccccn1. The Bertz CT molecular complexity index is 511. The molecule has 1 heterocycles. The van der Waals surface area contributed by atoms with Gasteiger partial charge in [0.25, 0.3) is 0 Å². The van der Waals surface area contributed by atoms with Crippen LogP contribution in [-0.2, 0) is 0 Å². The minimum atomic E-state index is -0.785. The van der Waals surface area contributed by atoms with Gasteiger partial charge < -0.3 is 9.84 Å². The summed E-state index contributed by atoms with van der Waals surface area (Å²) in [7, 11) is 0. The maximum atomic E-state index is 10.3. The monoisotopic (exact) mass is 241 g/mol. The molecule has 0 saturated heterocycles. The lowest BCUT2D eigenvalue weighted by Gasteiger charge is -2.15. The molecule has 1 aromatic carbocycles. The van der Waals surface area contributed by atoms with E-state index in [1.165, 1.54) is 0 Å². The number of rotatable bonds is 5. The Kier molecular flexibility index (Phi) is 4.10. The second-order valence-electron chi connectivity index (χ2n) is 3.79. The van der Waals surface area contributed by atoms with Crippen molar-refractivity contribution in [1.29, 1.82) is 0 Å². The van der Waals surface area contributed by atoms with Crippen LogP contribution in [-0.4, -0.2) is 16.7 Å². The van der Waals surface area contributed by atoms with Crippen molar-refractivity contribution in [1.82, 2.24) is 4.98 Å². The van der Waals surface area contributed by atoms with Gasteiger partial charge in [-0.05, 0) is 18.2 Å². The van der Waals surface area contributed by atoms with E-state index in [1.807, 2.05) is 36.4 Å². The molecule has 1 unspecified atom stereocenters. The fourth-order valence-electron chi connectivity index (χ4n) is 1.68. The minimum Gasteiger partial charge on any atom is -0.489 e. The molecule has 2 aromatic rings. The number of hydrogen-bond donors (Lipinski definition) is 1. The normalized spacial score (nSPS) is 11.8. The first-order valence-electron chi connectivity index (χ1n) is 5.74. The average Bonchev–Trinajstić information content (AvgIpc) is 2.45.